The molecule has 0 saturated heterocycles. The van der Waals surface area contributed by atoms with Crippen molar-refractivity contribution in [1.29, 1.82) is 0 Å². The zero-order chi connectivity index (χ0) is 14.5. The maximum Gasteiger partial charge on any atom is 0.276 e. The van der Waals surface area contributed by atoms with Crippen LogP contribution in [-0.2, 0) is 5.75 Å². The first-order chi connectivity index (χ1) is 9.54. The van der Waals surface area contributed by atoms with Crippen LogP contribution in [-0.4, -0.2) is 10.2 Å². The van der Waals surface area contributed by atoms with E-state index in [0.717, 1.165) is 12.0 Å². The minimum Gasteiger partial charge on any atom is -0.414 e. The van der Waals surface area contributed by atoms with Crippen molar-refractivity contribution in [3.8, 4) is 0 Å². The second-order valence-electron chi connectivity index (χ2n) is 5.06. The van der Waals surface area contributed by atoms with Crippen molar-refractivity contribution in [3.63, 3.8) is 0 Å². The van der Waals surface area contributed by atoms with Crippen molar-refractivity contribution in [2.75, 3.05) is 0 Å². The van der Waals surface area contributed by atoms with E-state index >= 15 is 0 Å². The van der Waals surface area contributed by atoms with Gasteiger partial charge in [0.2, 0.25) is 5.89 Å². The van der Waals surface area contributed by atoms with Crippen LogP contribution in [0.3, 0.4) is 0 Å². The summed E-state index contributed by atoms with van der Waals surface area (Å²) >= 11 is 1.38. The van der Waals surface area contributed by atoms with Crippen molar-refractivity contribution < 1.29 is 8.81 Å². The standard InChI is InChI=1S/C14H18FN3OS.ClH/c1-9(2)6-12(16)13-17-18-14(19-13)20-8-10-4-3-5-11(15)7-10;/h3-5,7,9,12H,6,8,16H2,1-2H3;1H. The summed E-state index contributed by atoms with van der Waals surface area (Å²) in [7, 11) is 0. The van der Waals surface area contributed by atoms with Crippen LogP contribution in [0, 0.1) is 11.7 Å². The highest BCUT2D eigenvalue weighted by atomic mass is 35.5. The number of hydrogen-bond donors (Lipinski definition) is 1. The van der Waals surface area contributed by atoms with Gasteiger partial charge in [-0.2, -0.15) is 0 Å². The molecule has 0 spiro atoms. The molecular weight excluding hydrogens is 313 g/mol. The van der Waals surface area contributed by atoms with Crippen LogP contribution in [0.15, 0.2) is 33.9 Å². The van der Waals surface area contributed by atoms with E-state index in [9.17, 15) is 4.39 Å². The van der Waals surface area contributed by atoms with Gasteiger partial charge in [-0.05, 0) is 30.0 Å². The van der Waals surface area contributed by atoms with E-state index in [4.69, 9.17) is 10.2 Å². The number of rotatable bonds is 6. The second kappa shape index (κ2) is 8.36. The molecule has 1 aromatic heterocycles. The van der Waals surface area contributed by atoms with E-state index in [0.29, 0.717) is 22.8 Å². The molecule has 0 aliphatic rings. The van der Waals surface area contributed by atoms with Crippen LogP contribution in [0.2, 0.25) is 0 Å². The van der Waals surface area contributed by atoms with Gasteiger partial charge in [0.15, 0.2) is 0 Å². The summed E-state index contributed by atoms with van der Waals surface area (Å²) in [5.74, 6) is 1.27. The Bertz CT molecular complexity index is 565. The molecule has 0 amide bonds. The Hall–Kier alpha value is -1.11. The summed E-state index contributed by atoms with van der Waals surface area (Å²) in [5, 5.41) is 8.38. The molecule has 0 radical (unpaired) electrons. The maximum atomic E-state index is 13.0. The number of aromatic nitrogens is 2. The van der Waals surface area contributed by atoms with Crippen molar-refractivity contribution in [3.05, 3.63) is 41.5 Å². The van der Waals surface area contributed by atoms with Gasteiger partial charge in [-0.15, -0.1) is 22.6 Å². The van der Waals surface area contributed by atoms with E-state index in [2.05, 4.69) is 24.0 Å². The van der Waals surface area contributed by atoms with Gasteiger partial charge in [0.25, 0.3) is 5.22 Å². The first kappa shape index (κ1) is 17.9. The van der Waals surface area contributed by atoms with Gasteiger partial charge >= 0.3 is 0 Å². The third kappa shape index (κ3) is 5.65. The summed E-state index contributed by atoms with van der Waals surface area (Å²) < 4.78 is 18.6. The molecule has 1 aromatic carbocycles. The van der Waals surface area contributed by atoms with Crippen molar-refractivity contribution in [2.45, 2.75) is 37.3 Å². The lowest BCUT2D eigenvalue weighted by Crippen LogP contribution is -2.13. The normalized spacial score (nSPS) is 12.2. The van der Waals surface area contributed by atoms with Gasteiger partial charge in [-0.25, -0.2) is 4.39 Å². The third-order valence-corrected chi connectivity index (χ3v) is 3.61. The van der Waals surface area contributed by atoms with E-state index in [-0.39, 0.29) is 24.3 Å². The molecular formula is C14H19ClFN3OS. The highest BCUT2D eigenvalue weighted by Gasteiger charge is 2.16. The van der Waals surface area contributed by atoms with Crippen molar-refractivity contribution >= 4 is 24.2 Å². The minimum absolute atomic E-state index is 0. The Morgan fingerprint density at radius 2 is 2.10 bits per heavy atom. The zero-order valence-electron chi connectivity index (χ0n) is 12.0. The smallest absolute Gasteiger partial charge is 0.276 e. The second-order valence-corrected chi connectivity index (χ2v) is 5.99. The molecule has 116 valence electrons. The summed E-state index contributed by atoms with van der Waals surface area (Å²) in [6.45, 7) is 4.19. The van der Waals surface area contributed by atoms with Crippen LogP contribution in [0.4, 0.5) is 4.39 Å². The van der Waals surface area contributed by atoms with Crippen LogP contribution in [0.5, 0.6) is 0 Å². The first-order valence-corrected chi connectivity index (χ1v) is 7.49. The molecule has 0 fully saturated rings. The Morgan fingerprint density at radius 1 is 1.33 bits per heavy atom. The number of nitrogens with two attached hydrogens (primary N) is 1. The molecule has 7 heteroatoms. The first-order valence-electron chi connectivity index (χ1n) is 6.51. The number of thioether (sulfide) groups is 1. The van der Waals surface area contributed by atoms with Gasteiger partial charge in [0.1, 0.15) is 5.82 Å². The molecule has 2 rings (SSSR count). The number of halogens is 2. The fourth-order valence-electron chi connectivity index (χ4n) is 1.81. The molecule has 21 heavy (non-hydrogen) atoms. The molecule has 4 nitrogen and oxygen atoms in total. The lowest BCUT2D eigenvalue weighted by Gasteiger charge is -2.08. The quantitative estimate of drug-likeness (QED) is 0.811. The van der Waals surface area contributed by atoms with Crippen molar-refractivity contribution in [1.82, 2.24) is 10.2 Å². The topological polar surface area (TPSA) is 64.9 Å². The maximum absolute atomic E-state index is 13.0. The lowest BCUT2D eigenvalue weighted by molar-refractivity contribution is 0.361. The third-order valence-electron chi connectivity index (χ3n) is 2.72. The van der Waals surface area contributed by atoms with Gasteiger partial charge in [-0.3, -0.25) is 0 Å². The fraction of sp³-hybridized carbons (Fsp3) is 0.429. The van der Waals surface area contributed by atoms with Gasteiger partial charge in [0, 0.05) is 5.75 Å². The van der Waals surface area contributed by atoms with Crippen molar-refractivity contribution in [2.24, 2.45) is 11.7 Å². The average molecular weight is 332 g/mol. The SMILES string of the molecule is CC(C)CC(N)c1nnc(SCc2cccc(F)c2)o1.Cl. The summed E-state index contributed by atoms with van der Waals surface area (Å²) in [5.41, 5.74) is 6.86. The Balaban J connectivity index is 0.00000220. The van der Waals surface area contributed by atoms with Gasteiger partial charge < -0.3 is 10.2 Å². The molecule has 0 aliphatic heterocycles. The molecule has 1 heterocycles. The monoisotopic (exact) mass is 331 g/mol. The van der Waals surface area contributed by atoms with Crippen LogP contribution in [0.1, 0.15) is 37.8 Å². The number of hydrogen-bond acceptors (Lipinski definition) is 5. The summed E-state index contributed by atoms with van der Waals surface area (Å²) in [6.07, 6.45) is 0.802. The number of benzene rings is 1. The van der Waals surface area contributed by atoms with E-state index in [1.165, 1.54) is 23.9 Å². The van der Waals surface area contributed by atoms with Crippen LogP contribution >= 0.6 is 24.2 Å². The lowest BCUT2D eigenvalue weighted by atomic mass is 10.1. The number of nitrogens with zero attached hydrogens (tertiary/aromatic N) is 2. The van der Waals surface area contributed by atoms with Gasteiger partial charge in [-0.1, -0.05) is 37.7 Å². The van der Waals surface area contributed by atoms with E-state index in [1.54, 1.807) is 6.07 Å². The molecule has 2 aromatic rings. The summed E-state index contributed by atoms with van der Waals surface area (Å²) in [6, 6.07) is 6.23. The fourth-order valence-corrected chi connectivity index (χ4v) is 2.52. The van der Waals surface area contributed by atoms with Crippen LogP contribution in [0.25, 0.3) is 0 Å². The largest absolute Gasteiger partial charge is 0.414 e. The highest BCUT2D eigenvalue weighted by Crippen LogP contribution is 2.25. The predicted octanol–water partition coefficient (Wildman–Crippen LogP) is 3.97. The Labute approximate surface area is 134 Å². The molecule has 1 unspecified atom stereocenters. The molecule has 1 atom stereocenters. The molecule has 0 aliphatic carbocycles. The molecule has 0 bridgehead atoms. The van der Waals surface area contributed by atoms with E-state index in [1.807, 2.05) is 6.07 Å². The Kier molecular flexibility index (Phi) is 7.14. The highest BCUT2D eigenvalue weighted by molar-refractivity contribution is 7.98. The van der Waals surface area contributed by atoms with E-state index < -0.39 is 0 Å². The zero-order valence-corrected chi connectivity index (χ0v) is 13.6. The van der Waals surface area contributed by atoms with Gasteiger partial charge in [0.05, 0.1) is 6.04 Å². The van der Waals surface area contributed by atoms with Crippen LogP contribution < -0.4 is 5.73 Å². The average Bonchev–Trinajstić information content (AvgIpc) is 2.84. The molecule has 2 N–H and O–H groups in total. The summed E-state index contributed by atoms with van der Waals surface area (Å²) in [4.78, 5) is 0. The Morgan fingerprint density at radius 3 is 2.76 bits per heavy atom. The minimum atomic E-state index is -0.242. The predicted molar refractivity (Wildman–Crippen MR) is 83.9 cm³/mol. The molecule has 0 saturated carbocycles.